The molecule has 2 nitrogen and oxygen atoms in total. The van der Waals surface area contributed by atoms with E-state index < -0.39 is 17.7 Å². The molecule has 0 saturated heterocycles. The van der Waals surface area contributed by atoms with Crippen LogP contribution in [0.3, 0.4) is 0 Å². The monoisotopic (exact) mass is 311 g/mol. The van der Waals surface area contributed by atoms with Crippen molar-refractivity contribution in [3.05, 3.63) is 64.2 Å². The Balaban J connectivity index is 2.56. The van der Waals surface area contributed by atoms with Crippen molar-refractivity contribution in [3.63, 3.8) is 0 Å². The molecule has 0 aliphatic carbocycles. The van der Waals surface area contributed by atoms with Crippen LogP contribution >= 0.6 is 11.6 Å². The van der Waals surface area contributed by atoms with Crippen molar-refractivity contribution in [1.82, 2.24) is 5.32 Å². The summed E-state index contributed by atoms with van der Waals surface area (Å²) in [5, 5.41) is 3.12. The Morgan fingerprint density at radius 2 is 1.81 bits per heavy atom. The average molecular weight is 312 g/mol. The Morgan fingerprint density at radius 3 is 2.48 bits per heavy atom. The van der Waals surface area contributed by atoms with E-state index in [0.29, 0.717) is 17.7 Å². The first-order chi connectivity index (χ1) is 10.1. The van der Waals surface area contributed by atoms with Gasteiger partial charge in [0.15, 0.2) is 11.6 Å². The molecule has 0 bridgehead atoms. The van der Waals surface area contributed by atoms with Crippen molar-refractivity contribution in [2.24, 2.45) is 0 Å². The molecule has 2 aromatic carbocycles. The second-order valence-corrected chi connectivity index (χ2v) is 4.88. The summed E-state index contributed by atoms with van der Waals surface area (Å²) in [5.74, 6) is -0.866. The highest BCUT2D eigenvalue weighted by Gasteiger charge is 2.22. The summed E-state index contributed by atoms with van der Waals surface area (Å²) in [4.78, 5) is 0. The van der Waals surface area contributed by atoms with E-state index in [1.54, 1.807) is 24.3 Å². The molecule has 2 rings (SSSR count). The van der Waals surface area contributed by atoms with Crippen molar-refractivity contribution >= 4 is 11.6 Å². The number of nitrogens with one attached hydrogen (secondary N) is 1. The Labute approximate surface area is 127 Å². The second kappa shape index (κ2) is 6.87. The fraction of sp³-hybridized carbons (Fsp3) is 0.250. The van der Waals surface area contributed by atoms with E-state index >= 15 is 0 Å². The molecule has 0 spiro atoms. The van der Waals surface area contributed by atoms with Crippen LogP contribution in [0.2, 0.25) is 5.02 Å². The lowest BCUT2D eigenvalue weighted by Gasteiger charge is -2.21. The molecular formula is C16H16ClF2NO. The lowest BCUT2D eigenvalue weighted by Crippen LogP contribution is -2.23. The van der Waals surface area contributed by atoms with Gasteiger partial charge in [-0.1, -0.05) is 42.8 Å². The van der Waals surface area contributed by atoms with E-state index in [1.165, 1.54) is 19.2 Å². The van der Waals surface area contributed by atoms with Crippen LogP contribution in [0.4, 0.5) is 8.78 Å². The van der Waals surface area contributed by atoms with Gasteiger partial charge in [0.05, 0.1) is 18.2 Å². The minimum atomic E-state index is -0.548. The predicted molar refractivity (Wildman–Crippen MR) is 79.9 cm³/mol. The number of methoxy groups -OCH3 is 1. The molecular weight excluding hydrogens is 296 g/mol. The van der Waals surface area contributed by atoms with Gasteiger partial charge >= 0.3 is 0 Å². The molecule has 0 aliphatic rings. The van der Waals surface area contributed by atoms with Crippen LogP contribution in [0.25, 0.3) is 0 Å². The van der Waals surface area contributed by atoms with Crippen LogP contribution in [0.1, 0.15) is 24.1 Å². The first kappa shape index (κ1) is 15.7. The summed E-state index contributed by atoms with van der Waals surface area (Å²) in [6.45, 7) is 2.46. The predicted octanol–water partition coefficient (Wildman–Crippen LogP) is 4.33. The summed E-state index contributed by atoms with van der Waals surface area (Å²) in [6, 6.07) is 8.82. The number of rotatable bonds is 5. The zero-order valence-corrected chi connectivity index (χ0v) is 12.5. The van der Waals surface area contributed by atoms with Crippen LogP contribution in [-0.4, -0.2) is 13.7 Å². The van der Waals surface area contributed by atoms with E-state index in [0.717, 1.165) is 0 Å². The Morgan fingerprint density at radius 1 is 1.14 bits per heavy atom. The highest BCUT2D eigenvalue weighted by atomic mass is 35.5. The lowest BCUT2D eigenvalue weighted by atomic mass is 9.97. The van der Waals surface area contributed by atoms with Gasteiger partial charge in [-0.2, -0.15) is 0 Å². The SMILES string of the molecule is CCNC(c1cccc(OC)c1F)c1cccc(F)c1Cl. The third kappa shape index (κ3) is 3.17. The summed E-state index contributed by atoms with van der Waals surface area (Å²) in [7, 11) is 1.40. The largest absolute Gasteiger partial charge is 0.494 e. The molecule has 1 atom stereocenters. The van der Waals surface area contributed by atoms with Gasteiger partial charge < -0.3 is 10.1 Å². The van der Waals surface area contributed by atoms with Gasteiger partial charge in [-0.25, -0.2) is 8.78 Å². The molecule has 0 saturated carbocycles. The third-order valence-corrected chi connectivity index (χ3v) is 3.62. The topological polar surface area (TPSA) is 21.3 Å². The van der Waals surface area contributed by atoms with Crippen LogP contribution < -0.4 is 10.1 Å². The quantitative estimate of drug-likeness (QED) is 0.887. The van der Waals surface area contributed by atoms with Gasteiger partial charge in [-0.05, 0) is 24.2 Å². The molecule has 1 N–H and O–H groups in total. The van der Waals surface area contributed by atoms with Crippen LogP contribution in [0, 0.1) is 11.6 Å². The molecule has 2 aromatic rings. The summed E-state index contributed by atoms with van der Waals surface area (Å²) in [6.07, 6.45) is 0. The Kier molecular flexibility index (Phi) is 5.15. The van der Waals surface area contributed by atoms with Gasteiger partial charge in [0.25, 0.3) is 0 Å². The highest BCUT2D eigenvalue weighted by molar-refractivity contribution is 6.31. The molecule has 0 aliphatic heterocycles. The number of benzene rings is 2. The summed E-state index contributed by atoms with van der Waals surface area (Å²) < 4.78 is 33.1. The molecule has 21 heavy (non-hydrogen) atoms. The first-order valence-corrected chi connectivity index (χ1v) is 6.97. The van der Waals surface area contributed by atoms with Gasteiger partial charge in [0.2, 0.25) is 0 Å². The first-order valence-electron chi connectivity index (χ1n) is 6.59. The fourth-order valence-corrected chi connectivity index (χ4v) is 2.48. The maximum Gasteiger partial charge on any atom is 0.170 e. The standard InChI is InChI=1S/C16H16ClF2NO/c1-3-20-16(10-6-4-8-12(18)14(10)17)11-7-5-9-13(21-2)15(11)19/h4-9,16,20H,3H2,1-2H3. The van der Waals surface area contributed by atoms with Gasteiger partial charge in [-0.3, -0.25) is 0 Å². The van der Waals surface area contributed by atoms with Crippen molar-refractivity contribution in [2.75, 3.05) is 13.7 Å². The fourth-order valence-electron chi connectivity index (χ4n) is 2.24. The summed E-state index contributed by atoms with van der Waals surface area (Å²) in [5.41, 5.74) is 0.856. The molecule has 1 unspecified atom stereocenters. The Bertz CT molecular complexity index is 634. The van der Waals surface area contributed by atoms with E-state index in [1.807, 2.05) is 6.92 Å². The minimum Gasteiger partial charge on any atom is -0.494 e. The van der Waals surface area contributed by atoms with E-state index in [4.69, 9.17) is 16.3 Å². The van der Waals surface area contributed by atoms with Crippen molar-refractivity contribution in [1.29, 1.82) is 0 Å². The third-order valence-electron chi connectivity index (χ3n) is 3.22. The zero-order chi connectivity index (χ0) is 15.4. The molecule has 0 aromatic heterocycles. The van der Waals surface area contributed by atoms with Crippen LogP contribution in [-0.2, 0) is 0 Å². The molecule has 0 amide bonds. The second-order valence-electron chi connectivity index (χ2n) is 4.50. The maximum absolute atomic E-state index is 14.5. The maximum atomic E-state index is 14.5. The van der Waals surface area contributed by atoms with Crippen molar-refractivity contribution in [3.8, 4) is 5.75 Å². The Hall–Kier alpha value is -1.65. The lowest BCUT2D eigenvalue weighted by molar-refractivity contribution is 0.381. The van der Waals surface area contributed by atoms with Gasteiger partial charge in [-0.15, -0.1) is 0 Å². The molecule has 0 heterocycles. The zero-order valence-electron chi connectivity index (χ0n) is 11.8. The van der Waals surface area contributed by atoms with Crippen LogP contribution in [0.5, 0.6) is 5.75 Å². The highest BCUT2D eigenvalue weighted by Crippen LogP contribution is 2.33. The number of hydrogen-bond donors (Lipinski definition) is 1. The van der Waals surface area contributed by atoms with E-state index in [-0.39, 0.29) is 10.8 Å². The number of halogens is 3. The molecule has 112 valence electrons. The molecule has 5 heteroatoms. The van der Waals surface area contributed by atoms with Crippen molar-refractivity contribution in [2.45, 2.75) is 13.0 Å². The molecule has 0 fully saturated rings. The number of ether oxygens (including phenoxy) is 1. The van der Waals surface area contributed by atoms with Crippen molar-refractivity contribution < 1.29 is 13.5 Å². The summed E-state index contributed by atoms with van der Waals surface area (Å²) >= 11 is 6.03. The van der Waals surface area contributed by atoms with Crippen LogP contribution in [0.15, 0.2) is 36.4 Å². The van der Waals surface area contributed by atoms with E-state index in [9.17, 15) is 8.78 Å². The van der Waals surface area contributed by atoms with Gasteiger partial charge in [0.1, 0.15) is 5.82 Å². The minimum absolute atomic E-state index is 0.00864. The normalized spacial score (nSPS) is 12.2. The number of hydrogen-bond acceptors (Lipinski definition) is 2. The average Bonchev–Trinajstić information content (AvgIpc) is 2.49. The van der Waals surface area contributed by atoms with Gasteiger partial charge in [0, 0.05) is 5.56 Å². The van der Waals surface area contributed by atoms with E-state index in [2.05, 4.69) is 5.32 Å². The smallest absolute Gasteiger partial charge is 0.170 e. The molecule has 0 radical (unpaired) electrons.